The molecule has 2 aromatic rings. The van der Waals surface area contributed by atoms with E-state index in [4.69, 9.17) is 4.74 Å². The van der Waals surface area contributed by atoms with Crippen molar-refractivity contribution in [1.29, 1.82) is 0 Å². The number of halogens is 2. The number of ether oxygens (including phenoxy) is 1. The van der Waals surface area contributed by atoms with Crippen molar-refractivity contribution in [2.24, 2.45) is 0 Å². The van der Waals surface area contributed by atoms with Crippen LogP contribution in [0.2, 0.25) is 0 Å². The van der Waals surface area contributed by atoms with Crippen molar-refractivity contribution >= 4 is 43.7 Å². The van der Waals surface area contributed by atoms with Crippen LogP contribution in [0.1, 0.15) is 58.6 Å². The Balaban J connectivity index is 2.20. The van der Waals surface area contributed by atoms with Crippen LogP contribution in [0.15, 0.2) is 51.4 Å². The Labute approximate surface area is 208 Å². The van der Waals surface area contributed by atoms with Gasteiger partial charge in [-0.25, -0.2) is 0 Å². The van der Waals surface area contributed by atoms with E-state index in [2.05, 4.69) is 51.0 Å². The summed E-state index contributed by atoms with van der Waals surface area (Å²) in [7, 11) is 0. The fourth-order valence-electron chi connectivity index (χ4n) is 3.10. The maximum absolute atomic E-state index is 13.2. The predicted octanol–water partition coefficient (Wildman–Crippen LogP) is 6.05. The maximum Gasteiger partial charge on any atom is 0.261 e. The summed E-state index contributed by atoms with van der Waals surface area (Å²) < 4.78 is 7.54. The number of rotatable bonds is 8. The van der Waals surface area contributed by atoms with E-state index in [0.717, 1.165) is 14.5 Å². The number of amides is 2. The standard InChI is InChI=1S/C25H32Br2N2O3/c1-16(2)19-10-11-22(21(27)13-19)32-15-23(30)29(14-18-8-7-9-20(26)12-18)17(3)24(31)28-25(4,5)6/h7-13,16-17H,14-15H2,1-6H3,(H,28,31). The van der Waals surface area contributed by atoms with Gasteiger partial charge in [-0.1, -0.05) is 48.0 Å². The molecule has 0 heterocycles. The molecule has 32 heavy (non-hydrogen) atoms. The van der Waals surface area contributed by atoms with Crippen LogP contribution in [0.5, 0.6) is 5.75 Å². The summed E-state index contributed by atoms with van der Waals surface area (Å²) in [4.78, 5) is 27.6. The van der Waals surface area contributed by atoms with Crippen molar-refractivity contribution in [3.63, 3.8) is 0 Å². The summed E-state index contributed by atoms with van der Waals surface area (Å²) in [6.07, 6.45) is 0. The van der Waals surface area contributed by atoms with Crippen LogP contribution in [0.25, 0.3) is 0 Å². The topological polar surface area (TPSA) is 58.6 Å². The number of hydrogen-bond acceptors (Lipinski definition) is 3. The highest BCUT2D eigenvalue weighted by atomic mass is 79.9. The van der Waals surface area contributed by atoms with E-state index in [1.165, 1.54) is 5.56 Å². The van der Waals surface area contributed by atoms with Gasteiger partial charge in [0.05, 0.1) is 4.47 Å². The van der Waals surface area contributed by atoms with Gasteiger partial charge < -0.3 is 15.0 Å². The Hall–Kier alpha value is -1.86. The van der Waals surface area contributed by atoms with Crippen LogP contribution >= 0.6 is 31.9 Å². The lowest BCUT2D eigenvalue weighted by Gasteiger charge is -2.31. The van der Waals surface area contributed by atoms with Crippen molar-refractivity contribution in [3.8, 4) is 5.75 Å². The van der Waals surface area contributed by atoms with E-state index >= 15 is 0 Å². The van der Waals surface area contributed by atoms with E-state index in [1.807, 2.05) is 63.2 Å². The third-order valence-corrected chi connectivity index (χ3v) is 5.99. The molecule has 0 aliphatic rings. The zero-order valence-corrected chi connectivity index (χ0v) is 22.7. The Morgan fingerprint density at radius 3 is 2.31 bits per heavy atom. The van der Waals surface area contributed by atoms with E-state index in [0.29, 0.717) is 18.2 Å². The first-order chi connectivity index (χ1) is 14.9. The molecule has 2 rings (SSSR count). The molecule has 7 heteroatoms. The number of carbonyl (C=O) groups is 2. The summed E-state index contributed by atoms with van der Waals surface area (Å²) in [6, 6.07) is 12.9. The van der Waals surface area contributed by atoms with Crippen molar-refractivity contribution in [1.82, 2.24) is 10.2 Å². The van der Waals surface area contributed by atoms with E-state index in [1.54, 1.807) is 11.8 Å². The monoisotopic (exact) mass is 566 g/mol. The Bertz CT molecular complexity index is 954. The highest BCUT2D eigenvalue weighted by Crippen LogP contribution is 2.29. The highest BCUT2D eigenvalue weighted by molar-refractivity contribution is 9.10. The zero-order chi connectivity index (χ0) is 24.1. The summed E-state index contributed by atoms with van der Waals surface area (Å²) in [5, 5.41) is 2.96. The average molecular weight is 568 g/mol. The normalized spacial score (nSPS) is 12.4. The molecule has 0 saturated carbocycles. The third-order valence-electron chi connectivity index (χ3n) is 4.88. The molecule has 1 unspecified atom stereocenters. The van der Waals surface area contributed by atoms with E-state index in [9.17, 15) is 9.59 Å². The number of nitrogens with one attached hydrogen (secondary N) is 1. The zero-order valence-electron chi connectivity index (χ0n) is 19.5. The smallest absolute Gasteiger partial charge is 0.261 e. The summed E-state index contributed by atoms with van der Waals surface area (Å²) >= 11 is 7.00. The average Bonchev–Trinajstić information content (AvgIpc) is 2.69. The molecule has 174 valence electrons. The van der Waals surface area contributed by atoms with Gasteiger partial charge >= 0.3 is 0 Å². The molecule has 1 atom stereocenters. The van der Waals surface area contributed by atoms with Crippen LogP contribution in [0.4, 0.5) is 0 Å². The Morgan fingerprint density at radius 1 is 1.06 bits per heavy atom. The lowest BCUT2D eigenvalue weighted by atomic mass is 10.0. The van der Waals surface area contributed by atoms with Gasteiger partial charge in [0.1, 0.15) is 11.8 Å². The van der Waals surface area contributed by atoms with Gasteiger partial charge in [-0.15, -0.1) is 0 Å². The first-order valence-electron chi connectivity index (χ1n) is 10.7. The lowest BCUT2D eigenvalue weighted by molar-refractivity contribution is -0.142. The van der Waals surface area contributed by atoms with Gasteiger partial charge in [0, 0.05) is 16.6 Å². The maximum atomic E-state index is 13.2. The molecule has 0 saturated heterocycles. The molecular weight excluding hydrogens is 536 g/mol. The molecule has 2 amide bonds. The molecule has 1 N–H and O–H groups in total. The van der Waals surface area contributed by atoms with Crippen molar-refractivity contribution in [3.05, 3.63) is 62.5 Å². The summed E-state index contributed by atoms with van der Waals surface area (Å²) in [5.74, 6) is 0.520. The predicted molar refractivity (Wildman–Crippen MR) is 136 cm³/mol. The van der Waals surface area contributed by atoms with Crippen LogP contribution < -0.4 is 10.1 Å². The first-order valence-corrected chi connectivity index (χ1v) is 12.2. The van der Waals surface area contributed by atoms with E-state index in [-0.39, 0.29) is 18.4 Å². The summed E-state index contributed by atoms with van der Waals surface area (Å²) in [5.41, 5.74) is 1.71. The highest BCUT2D eigenvalue weighted by Gasteiger charge is 2.28. The molecule has 0 bridgehead atoms. The van der Waals surface area contributed by atoms with Crippen LogP contribution in [0.3, 0.4) is 0 Å². The second kappa shape index (κ2) is 11.3. The molecule has 5 nitrogen and oxygen atoms in total. The Morgan fingerprint density at radius 2 is 1.75 bits per heavy atom. The minimum atomic E-state index is -0.656. The third kappa shape index (κ3) is 7.93. The molecule has 0 fully saturated rings. The minimum absolute atomic E-state index is 0.166. The van der Waals surface area contributed by atoms with Crippen molar-refractivity contribution < 1.29 is 14.3 Å². The van der Waals surface area contributed by atoms with Gasteiger partial charge in [-0.05, 0) is 84.9 Å². The minimum Gasteiger partial charge on any atom is -0.483 e. The molecule has 2 aromatic carbocycles. The Kier molecular flexibility index (Phi) is 9.34. The van der Waals surface area contributed by atoms with E-state index < -0.39 is 11.6 Å². The number of nitrogens with zero attached hydrogens (tertiary/aromatic N) is 1. The largest absolute Gasteiger partial charge is 0.483 e. The molecule has 0 aromatic heterocycles. The van der Waals surface area contributed by atoms with Crippen LogP contribution in [0, 0.1) is 0 Å². The SMILES string of the molecule is CC(C)c1ccc(OCC(=O)N(Cc2cccc(Br)c2)C(C)C(=O)NC(C)(C)C)c(Br)c1. The van der Waals surface area contributed by atoms with Crippen molar-refractivity contribution in [2.45, 2.75) is 65.6 Å². The van der Waals surface area contributed by atoms with Gasteiger partial charge in [0.2, 0.25) is 5.91 Å². The van der Waals surface area contributed by atoms with Crippen LogP contribution in [-0.4, -0.2) is 34.9 Å². The van der Waals surface area contributed by atoms with Gasteiger partial charge in [0.15, 0.2) is 6.61 Å². The van der Waals surface area contributed by atoms with Gasteiger partial charge in [-0.2, -0.15) is 0 Å². The second-order valence-electron chi connectivity index (χ2n) is 9.20. The number of benzene rings is 2. The molecule has 0 aliphatic heterocycles. The number of carbonyl (C=O) groups excluding carboxylic acids is 2. The fourth-order valence-corrected chi connectivity index (χ4v) is 4.06. The molecule has 0 aliphatic carbocycles. The molecule has 0 radical (unpaired) electrons. The second-order valence-corrected chi connectivity index (χ2v) is 11.0. The quantitative estimate of drug-likeness (QED) is 0.422. The molecular formula is C25H32Br2N2O3. The summed E-state index contributed by atoms with van der Waals surface area (Å²) in [6.45, 7) is 11.9. The molecule has 0 spiro atoms. The fraction of sp³-hybridized carbons (Fsp3) is 0.440. The van der Waals surface area contributed by atoms with Crippen molar-refractivity contribution in [2.75, 3.05) is 6.61 Å². The number of hydrogen-bond donors (Lipinski definition) is 1. The van der Waals surface area contributed by atoms with Gasteiger partial charge in [-0.3, -0.25) is 9.59 Å². The van der Waals surface area contributed by atoms with Crippen LogP contribution in [-0.2, 0) is 16.1 Å². The van der Waals surface area contributed by atoms with Gasteiger partial charge in [0.25, 0.3) is 5.91 Å². The first kappa shape index (κ1) is 26.4. The lowest BCUT2D eigenvalue weighted by Crippen LogP contribution is -2.53.